The Hall–Kier alpha value is -0.650. The number of primary amides is 1. The molecule has 2 saturated heterocycles. The van der Waals surface area contributed by atoms with E-state index in [1.165, 1.54) is 0 Å². The zero-order chi connectivity index (χ0) is 11.8. The molecule has 0 aromatic rings. The summed E-state index contributed by atoms with van der Waals surface area (Å²) in [5, 5.41) is 13.6. The van der Waals surface area contributed by atoms with E-state index in [0.29, 0.717) is 25.4 Å². The third kappa shape index (κ3) is 1.73. The van der Waals surface area contributed by atoms with Gasteiger partial charge >= 0.3 is 0 Å². The third-order valence-electron chi connectivity index (χ3n) is 4.15. The fourth-order valence-electron chi connectivity index (χ4n) is 3.24. The van der Waals surface area contributed by atoms with Crippen molar-refractivity contribution >= 4 is 5.91 Å². The quantitative estimate of drug-likeness (QED) is 0.499. The Kier molecular flexibility index (Phi) is 3.19. The van der Waals surface area contributed by atoms with Crippen molar-refractivity contribution in [1.82, 2.24) is 5.32 Å². The molecule has 2 bridgehead atoms. The highest BCUT2D eigenvalue weighted by Crippen LogP contribution is 2.43. The Morgan fingerprint density at radius 2 is 2.25 bits per heavy atom. The number of nitrogens with two attached hydrogens (primary N) is 2. The summed E-state index contributed by atoms with van der Waals surface area (Å²) < 4.78 is 0. The molecule has 5 nitrogen and oxygen atoms in total. The molecule has 2 aliphatic rings. The normalized spacial score (nSPS) is 42.2. The maximum absolute atomic E-state index is 11.7. The number of fused-ring (bicyclic) bond motifs is 2. The minimum absolute atomic E-state index is 0.0315. The molecule has 2 fully saturated rings. The van der Waals surface area contributed by atoms with Gasteiger partial charge in [0, 0.05) is 12.1 Å². The first kappa shape index (κ1) is 11.8. The first-order chi connectivity index (χ1) is 7.60. The number of piperidine rings is 1. The summed E-state index contributed by atoms with van der Waals surface area (Å²) in [6, 6.07) is 0.364. The minimum Gasteiger partial charge on any atom is -0.390 e. The number of rotatable bonds is 4. The van der Waals surface area contributed by atoms with Gasteiger partial charge in [-0.25, -0.2) is 0 Å². The Labute approximate surface area is 95.6 Å². The van der Waals surface area contributed by atoms with Crippen LogP contribution < -0.4 is 16.8 Å². The number of carbonyl (C=O) groups is 1. The van der Waals surface area contributed by atoms with Crippen LogP contribution in [0.25, 0.3) is 0 Å². The van der Waals surface area contributed by atoms with Gasteiger partial charge in [0.05, 0.1) is 11.5 Å². The Balaban J connectivity index is 2.20. The van der Waals surface area contributed by atoms with Crippen molar-refractivity contribution in [1.29, 1.82) is 0 Å². The molecular formula is C11H21N3O2. The van der Waals surface area contributed by atoms with Crippen LogP contribution in [0.3, 0.4) is 0 Å². The fourth-order valence-corrected chi connectivity index (χ4v) is 3.24. The van der Waals surface area contributed by atoms with Crippen LogP contribution in [-0.2, 0) is 4.79 Å². The van der Waals surface area contributed by atoms with Gasteiger partial charge in [-0.3, -0.25) is 4.79 Å². The van der Waals surface area contributed by atoms with Crippen molar-refractivity contribution in [3.05, 3.63) is 0 Å². The highest BCUT2D eigenvalue weighted by molar-refractivity contribution is 5.82. The van der Waals surface area contributed by atoms with Crippen molar-refractivity contribution in [3.63, 3.8) is 0 Å². The molecule has 0 spiro atoms. The number of carbonyl (C=O) groups excluding carboxylic acids is 1. The van der Waals surface area contributed by atoms with Crippen LogP contribution in [0.1, 0.15) is 32.1 Å². The maximum Gasteiger partial charge on any atom is 0.226 e. The zero-order valence-electron chi connectivity index (χ0n) is 9.48. The molecule has 0 aromatic carbocycles. The summed E-state index contributed by atoms with van der Waals surface area (Å²) in [5.41, 5.74) is 10.3. The summed E-state index contributed by atoms with van der Waals surface area (Å²) in [6.45, 7) is 0.532. The standard InChI is InChI=1S/C11H21N3O2/c12-5-1-4-11(10(13)16)6-7-2-3-8(14-7)9(11)15/h7-9,14-15H,1-6,12H2,(H2,13,16). The van der Waals surface area contributed by atoms with Crippen molar-refractivity contribution in [2.75, 3.05) is 6.54 Å². The van der Waals surface area contributed by atoms with Gasteiger partial charge in [-0.2, -0.15) is 0 Å². The average molecular weight is 227 g/mol. The molecule has 92 valence electrons. The van der Waals surface area contributed by atoms with E-state index in [4.69, 9.17) is 11.5 Å². The number of hydrogen-bond acceptors (Lipinski definition) is 4. The Bertz CT molecular complexity index is 284. The molecule has 5 heteroatoms. The van der Waals surface area contributed by atoms with Gasteiger partial charge in [-0.05, 0) is 38.6 Å². The van der Waals surface area contributed by atoms with Crippen LogP contribution in [0.2, 0.25) is 0 Å². The first-order valence-electron chi connectivity index (χ1n) is 6.04. The molecule has 2 aliphatic heterocycles. The van der Waals surface area contributed by atoms with Crippen LogP contribution in [0, 0.1) is 5.41 Å². The lowest BCUT2D eigenvalue weighted by Gasteiger charge is -2.43. The van der Waals surface area contributed by atoms with Crippen LogP contribution in [0.4, 0.5) is 0 Å². The molecule has 4 unspecified atom stereocenters. The summed E-state index contributed by atoms with van der Waals surface area (Å²) >= 11 is 0. The van der Waals surface area contributed by atoms with Gasteiger partial charge in [0.25, 0.3) is 0 Å². The largest absolute Gasteiger partial charge is 0.390 e. The van der Waals surface area contributed by atoms with E-state index in [1.54, 1.807) is 0 Å². The predicted molar refractivity (Wildman–Crippen MR) is 60.5 cm³/mol. The second kappa shape index (κ2) is 4.31. The molecule has 2 heterocycles. The van der Waals surface area contributed by atoms with E-state index in [2.05, 4.69) is 5.32 Å². The Morgan fingerprint density at radius 3 is 2.88 bits per heavy atom. The van der Waals surface area contributed by atoms with E-state index in [0.717, 1.165) is 19.3 Å². The topological polar surface area (TPSA) is 101 Å². The molecular weight excluding hydrogens is 206 g/mol. The average Bonchev–Trinajstić information content (AvgIpc) is 2.66. The second-order valence-corrected chi connectivity index (χ2v) is 5.11. The summed E-state index contributed by atoms with van der Waals surface area (Å²) in [5.74, 6) is -0.369. The van der Waals surface area contributed by atoms with Crippen molar-refractivity contribution < 1.29 is 9.90 Å². The smallest absolute Gasteiger partial charge is 0.226 e. The summed E-state index contributed by atoms with van der Waals surface area (Å²) in [4.78, 5) is 11.7. The SMILES string of the molecule is NCCCC1(C(N)=O)CC2CCC(N2)C1O. The summed E-state index contributed by atoms with van der Waals surface area (Å²) in [6.07, 6.45) is 3.30. The lowest BCUT2D eigenvalue weighted by atomic mass is 9.69. The summed E-state index contributed by atoms with van der Waals surface area (Å²) in [7, 11) is 0. The molecule has 6 N–H and O–H groups in total. The van der Waals surface area contributed by atoms with Crippen molar-refractivity contribution in [2.24, 2.45) is 16.9 Å². The highest BCUT2D eigenvalue weighted by atomic mass is 16.3. The first-order valence-corrected chi connectivity index (χ1v) is 6.04. The van der Waals surface area contributed by atoms with Gasteiger partial charge in [0.2, 0.25) is 5.91 Å². The number of hydrogen-bond donors (Lipinski definition) is 4. The van der Waals surface area contributed by atoms with E-state index < -0.39 is 11.5 Å². The molecule has 0 radical (unpaired) electrons. The predicted octanol–water partition coefficient (Wildman–Crippen LogP) is -0.918. The highest BCUT2D eigenvalue weighted by Gasteiger charge is 2.53. The van der Waals surface area contributed by atoms with E-state index in [9.17, 15) is 9.90 Å². The van der Waals surface area contributed by atoms with Crippen LogP contribution >= 0.6 is 0 Å². The molecule has 0 aliphatic carbocycles. The molecule has 16 heavy (non-hydrogen) atoms. The van der Waals surface area contributed by atoms with Crippen LogP contribution in [-0.4, -0.2) is 35.7 Å². The molecule has 0 aromatic heterocycles. The van der Waals surface area contributed by atoms with E-state index in [-0.39, 0.29) is 11.9 Å². The third-order valence-corrected chi connectivity index (χ3v) is 4.15. The van der Waals surface area contributed by atoms with Crippen molar-refractivity contribution in [3.8, 4) is 0 Å². The fraction of sp³-hybridized carbons (Fsp3) is 0.909. The van der Waals surface area contributed by atoms with Gasteiger partial charge < -0.3 is 21.9 Å². The van der Waals surface area contributed by atoms with E-state index in [1.807, 2.05) is 0 Å². The van der Waals surface area contributed by atoms with Crippen molar-refractivity contribution in [2.45, 2.75) is 50.3 Å². The molecule has 2 rings (SSSR count). The zero-order valence-corrected chi connectivity index (χ0v) is 9.48. The van der Waals surface area contributed by atoms with Crippen LogP contribution in [0.5, 0.6) is 0 Å². The number of amides is 1. The lowest BCUT2D eigenvalue weighted by molar-refractivity contribution is -0.140. The van der Waals surface area contributed by atoms with Gasteiger partial charge in [-0.15, -0.1) is 0 Å². The second-order valence-electron chi connectivity index (χ2n) is 5.11. The number of aliphatic hydroxyl groups is 1. The minimum atomic E-state index is -0.754. The Morgan fingerprint density at radius 1 is 1.50 bits per heavy atom. The van der Waals surface area contributed by atoms with Crippen LogP contribution in [0.15, 0.2) is 0 Å². The molecule has 1 amide bonds. The van der Waals surface area contributed by atoms with Gasteiger partial charge in [0.15, 0.2) is 0 Å². The van der Waals surface area contributed by atoms with Gasteiger partial charge in [-0.1, -0.05) is 0 Å². The maximum atomic E-state index is 11.7. The van der Waals surface area contributed by atoms with Gasteiger partial charge in [0.1, 0.15) is 0 Å². The van der Waals surface area contributed by atoms with E-state index >= 15 is 0 Å². The number of aliphatic hydroxyl groups excluding tert-OH is 1. The molecule has 0 saturated carbocycles. The monoisotopic (exact) mass is 227 g/mol. The molecule has 4 atom stereocenters. The lowest BCUT2D eigenvalue weighted by Crippen LogP contribution is -2.60. The number of nitrogens with one attached hydrogen (secondary N) is 1.